The summed E-state index contributed by atoms with van der Waals surface area (Å²) in [5.74, 6) is 0. The smallest absolute Gasteiger partial charge is 0.0503 e. The third-order valence-electron chi connectivity index (χ3n) is 8.72. The third-order valence-corrected chi connectivity index (χ3v) is 8.72. The first-order valence-corrected chi connectivity index (χ1v) is 15.2. The van der Waals surface area contributed by atoms with Gasteiger partial charge >= 0.3 is 0 Å². The van der Waals surface area contributed by atoms with Gasteiger partial charge in [0, 0.05) is 13.1 Å². The molecule has 0 spiro atoms. The van der Waals surface area contributed by atoms with Crippen LogP contribution in [-0.4, -0.2) is 62.1 Å². The molecule has 4 aromatic carbocycles. The van der Waals surface area contributed by atoms with Crippen molar-refractivity contribution in [3.05, 3.63) is 94.0 Å². The van der Waals surface area contributed by atoms with Crippen molar-refractivity contribution in [3.8, 4) is 0 Å². The van der Waals surface area contributed by atoms with E-state index in [9.17, 15) is 0 Å². The average molecular weight is 539 g/mol. The maximum absolute atomic E-state index is 5.76. The lowest BCUT2D eigenvalue weighted by molar-refractivity contribution is 0.184. The van der Waals surface area contributed by atoms with E-state index in [1.807, 2.05) is 0 Å². The van der Waals surface area contributed by atoms with Gasteiger partial charge in [0.25, 0.3) is 0 Å². The van der Waals surface area contributed by atoms with Crippen LogP contribution >= 0.6 is 0 Å². The standard InChI is InChI=1S/C18H24N2.C13H13N.C5H13N/c1-4-19(2)13-20(3)12-15-11-14-9-10-17(14)18-8-6-5-7-16(15)18;14-8-10-7-9-5-6-12(9)13-4-2-1-3-11(10)13;1-4-6(3)5-2/h5-8,11H,4,9-10,12-13H2,1-3H3;1-4,7H,5-6,8,14H2;4-5H2,1-3H3. The van der Waals surface area contributed by atoms with Crippen LogP contribution in [0.25, 0.3) is 21.5 Å². The predicted octanol–water partition coefficient (Wildman–Crippen LogP) is 6.63. The van der Waals surface area contributed by atoms with Gasteiger partial charge in [-0.05, 0) is 121 Å². The zero-order chi connectivity index (χ0) is 28.6. The molecule has 0 amide bonds. The highest BCUT2D eigenvalue weighted by atomic mass is 15.3. The number of fused-ring (bicyclic) bond motifs is 6. The Bertz CT molecular complexity index is 1410. The van der Waals surface area contributed by atoms with Crippen LogP contribution in [-0.2, 0) is 38.8 Å². The molecule has 0 aliphatic heterocycles. The molecular weight excluding hydrogens is 488 g/mol. The summed E-state index contributed by atoms with van der Waals surface area (Å²) >= 11 is 0. The van der Waals surface area contributed by atoms with Gasteiger partial charge in [-0.25, -0.2) is 0 Å². The summed E-state index contributed by atoms with van der Waals surface area (Å²) in [7, 11) is 6.49. The van der Waals surface area contributed by atoms with Crippen molar-refractivity contribution < 1.29 is 0 Å². The number of nitrogens with two attached hydrogens (primary N) is 1. The zero-order valence-electron chi connectivity index (χ0n) is 25.8. The first-order valence-electron chi connectivity index (χ1n) is 15.2. The van der Waals surface area contributed by atoms with Gasteiger partial charge in [0.1, 0.15) is 0 Å². The molecule has 6 rings (SSSR count). The van der Waals surface area contributed by atoms with Gasteiger partial charge < -0.3 is 10.6 Å². The topological polar surface area (TPSA) is 35.7 Å². The van der Waals surface area contributed by atoms with Gasteiger partial charge in [0.15, 0.2) is 0 Å². The van der Waals surface area contributed by atoms with Crippen LogP contribution in [0.4, 0.5) is 0 Å². The largest absolute Gasteiger partial charge is 0.326 e. The molecule has 0 fully saturated rings. The van der Waals surface area contributed by atoms with Crippen molar-refractivity contribution in [3.63, 3.8) is 0 Å². The van der Waals surface area contributed by atoms with Crippen LogP contribution < -0.4 is 5.73 Å². The second-order valence-corrected chi connectivity index (χ2v) is 11.5. The van der Waals surface area contributed by atoms with Gasteiger partial charge in [-0.2, -0.15) is 0 Å². The Morgan fingerprint density at radius 1 is 0.575 bits per heavy atom. The highest BCUT2D eigenvalue weighted by Crippen LogP contribution is 2.34. The normalized spacial score (nSPS) is 13.2. The van der Waals surface area contributed by atoms with Gasteiger partial charge in [0.2, 0.25) is 0 Å². The summed E-state index contributed by atoms with van der Waals surface area (Å²) in [6.45, 7) is 12.6. The Kier molecular flexibility index (Phi) is 10.7. The zero-order valence-corrected chi connectivity index (χ0v) is 25.8. The van der Waals surface area contributed by atoms with Gasteiger partial charge in [0.05, 0.1) is 6.67 Å². The van der Waals surface area contributed by atoms with Crippen LogP contribution in [0, 0.1) is 0 Å². The van der Waals surface area contributed by atoms with E-state index >= 15 is 0 Å². The fraction of sp³-hybridized carbons (Fsp3) is 0.444. The first-order chi connectivity index (χ1) is 19.4. The molecule has 2 aliphatic rings. The highest BCUT2D eigenvalue weighted by Gasteiger charge is 2.19. The summed E-state index contributed by atoms with van der Waals surface area (Å²) in [5, 5.41) is 5.67. The summed E-state index contributed by atoms with van der Waals surface area (Å²) in [6.07, 6.45) is 4.98. The summed E-state index contributed by atoms with van der Waals surface area (Å²) in [4.78, 5) is 6.99. The Morgan fingerprint density at radius 3 is 1.43 bits per heavy atom. The van der Waals surface area contributed by atoms with E-state index in [1.165, 1.54) is 69.5 Å². The maximum Gasteiger partial charge on any atom is 0.0503 e. The Hall–Kier alpha value is -2.76. The summed E-state index contributed by atoms with van der Waals surface area (Å²) in [5.41, 5.74) is 14.7. The molecule has 0 heterocycles. The number of hydrogen-bond donors (Lipinski definition) is 1. The lowest BCUT2D eigenvalue weighted by Gasteiger charge is -2.27. The number of nitrogens with zero attached hydrogens (tertiary/aromatic N) is 3. The predicted molar refractivity (Wildman–Crippen MR) is 174 cm³/mol. The molecule has 4 nitrogen and oxygen atoms in total. The number of aryl methyl sites for hydroxylation is 4. The maximum atomic E-state index is 5.76. The Labute approximate surface area is 242 Å². The highest BCUT2D eigenvalue weighted by molar-refractivity contribution is 5.91. The molecule has 4 heteroatoms. The van der Waals surface area contributed by atoms with E-state index in [-0.39, 0.29) is 0 Å². The summed E-state index contributed by atoms with van der Waals surface area (Å²) < 4.78 is 0. The SMILES string of the molecule is CCN(C)CC.CCN(C)CN(C)Cc1cc2c(c3ccccc13)CC2.NCc1cc2c(c3ccccc13)CC2. The molecule has 214 valence electrons. The molecule has 0 unspecified atom stereocenters. The van der Waals surface area contributed by atoms with Gasteiger partial charge in [-0.1, -0.05) is 81.4 Å². The van der Waals surface area contributed by atoms with Crippen LogP contribution in [0.3, 0.4) is 0 Å². The second-order valence-electron chi connectivity index (χ2n) is 11.5. The van der Waals surface area contributed by atoms with Gasteiger partial charge in [-0.3, -0.25) is 9.80 Å². The van der Waals surface area contributed by atoms with Crippen molar-refractivity contribution in [1.29, 1.82) is 0 Å². The molecule has 0 saturated heterocycles. The molecule has 0 bridgehead atoms. The molecule has 40 heavy (non-hydrogen) atoms. The molecule has 2 aliphatic carbocycles. The van der Waals surface area contributed by atoms with E-state index in [4.69, 9.17) is 5.73 Å². The second kappa shape index (κ2) is 14.2. The van der Waals surface area contributed by atoms with Crippen molar-refractivity contribution in [2.45, 2.75) is 59.5 Å². The third kappa shape index (κ3) is 6.92. The van der Waals surface area contributed by atoms with E-state index < -0.39 is 0 Å². The van der Waals surface area contributed by atoms with Crippen LogP contribution in [0.2, 0.25) is 0 Å². The van der Waals surface area contributed by atoms with Crippen LogP contribution in [0.1, 0.15) is 54.2 Å². The van der Waals surface area contributed by atoms with E-state index in [1.54, 1.807) is 11.1 Å². The van der Waals surface area contributed by atoms with Crippen LogP contribution in [0.5, 0.6) is 0 Å². The summed E-state index contributed by atoms with van der Waals surface area (Å²) in [6, 6.07) is 22.2. The Morgan fingerprint density at radius 2 is 1.02 bits per heavy atom. The number of benzene rings is 4. The van der Waals surface area contributed by atoms with Crippen molar-refractivity contribution in [1.82, 2.24) is 14.7 Å². The Balaban J connectivity index is 0.000000160. The van der Waals surface area contributed by atoms with Crippen molar-refractivity contribution in [2.75, 3.05) is 47.4 Å². The quantitative estimate of drug-likeness (QED) is 0.255. The molecule has 0 saturated carbocycles. The molecular formula is C36H50N4. The van der Waals surface area contributed by atoms with Crippen molar-refractivity contribution >= 4 is 21.5 Å². The fourth-order valence-corrected chi connectivity index (χ4v) is 5.73. The lowest BCUT2D eigenvalue weighted by Crippen LogP contribution is -2.32. The minimum atomic E-state index is 0.647. The first kappa shape index (κ1) is 30.2. The van der Waals surface area contributed by atoms with Gasteiger partial charge in [-0.15, -0.1) is 0 Å². The molecule has 4 aromatic rings. The van der Waals surface area contributed by atoms with E-state index in [0.29, 0.717) is 6.54 Å². The fourth-order valence-electron chi connectivity index (χ4n) is 5.73. The van der Waals surface area contributed by atoms with E-state index in [0.717, 1.165) is 32.8 Å². The number of rotatable bonds is 8. The van der Waals surface area contributed by atoms with Crippen LogP contribution in [0.15, 0.2) is 60.7 Å². The molecule has 0 radical (unpaired) electrons. The van der Waals surface area contributed by atoms with Crippen molar-refractivity contribution in [2.24, 2.45) is 5.73 Å². The van der Waals surface area contributed by atoms with E-state index in [2.05, 4.69) is 117 Å². The number of hydrogen-bond acceptors (Lipinski definition) is 4. The molecule has 0 atom stereocenters. The monoisotopic (exact) mass is 538 g/mol. The minimum Gasteiger partial charge on any atom is -0.326 e. The lowest BCUT2D eigenvalue weighted by atomic mass is 9.82. The molecule has 2 N–H and O–H groups in total. The molecule has 0 aromatic heterocycles. The average Bonchev–Trinajstić information content (AvgIpc) is 2.94. The minimum absolute atomic E-state index is 0.647.